The van der Waals surface area contributed by atoms with E-state index in [2.05, 4.69) is 23.5 Å². The second-order valence-corrected chi connectivity index (χ2v) is 11.1. The molecule has 2 N–H and O–H groups in total. The Hall–Kier alpha value is -3.01. The molecule has 3 atom stereocenters. The van der Waals surface area contributed by atoms with Crippen molar-refractivity contribution in [3.05, 3.63) is 35.4 Å². The first-order valence-electron chi connectivity index (χ1n) is 13.5. The molecule has 7 heteroatoms. The highest BCUT2D eigenvalue weighted by molar-refractivity contribution is 5.92. The van der Waals surface area contributed by atoms with Gasteiger partial charge in [0.1, 0.15) is 17.7 Å². The zero-order valence-electron chi connectivity index (χ0n) is 24.0. The van der Waals surface area contributed by atoms with E-state index in [1.165, 1.54) is 0 Å². The smallest absolute Gasteiger partial charge is 0.408 e. The summed E-state index contributed by atoms with van der Waals surface area (Å²) in [7, 11) is 0. The molecule has 7 nitrogen and oxygen atoms in total. The standard InChI is InChI=1S/C30H47N3O4/c1-10-13-19-33(28(35)25(20-21(4)5)32-29(36)37-30(7,8)9)26(27(34)31-22(6)14-11-2)24-17-15-23(12-3)16-18-24/h3,15-18,21-22,25-26H,10-11,13-14,19-20H2,1-2,4-9H3,(H,31,34)(H,32,36). The number of rotatable bonds is 13. The molecule has 0 aliphatic rings. The van der Waals surface area contributed by atoms with Crippen LogP contribution >= 0.6 is 0 Å². The minimum absolute atomic E-state index is 0.0422. The largest absolute Gasteiger partial charge is 0.444 e. The molecule has 0 spiro atoms. The van der Waals surface area contributed by atoms with Gasteiger partial charge in [0, 0.05) is 18.2 Å². The number of unbranched alkanes of at least 4 members (excludes halogenated alkanes) is 1. The van der Waals surface area contributed by atoms with Gasteiger partial charge in [0.15, 0.2) is 0 Å². The second kappa shape index (κ2) is 15.3. The SMILES string of the molecule is C#Cc1ccc(C(C(=O)NC(C)CCC)N(CCCC)C(=O)C(CC(C)C)NC(=O)OC(C)(C)C)cc1. The van der Waals surface area contributed by atoms with Crippen LogP contribution in [0.1, 0.15) is 105 Å². The van der Waals surface area contributed by atoms with E-state index in [-0.39, 0.29) is 23.8 Å². The van der Waals surface area contributed by atoms with Gasteiger partial charge in [-0.05, 0) is 70.6 Å². The molecule has 0 saturated carbocycles. The summed E-state index contributed by atoms with van der Waals surface area (Å²) < 4.78 is 5.44. The highest BCUT2D eigenvalue weighted by Gasteiger charge is 2.36. The molecule has 0 fully saturated rings. The maximum Gasteiger partial charge on any atom is 0.408 e. The number of carbonyl (C=O) groups excluding carboxylic acids is 3. The molecule has 1 aromatic carbocycles. The maximum absolute atomic E-state index is 14.1. The molecule has 0 saturated heterocycles. The van der Waals surface area contributed by atoms with Crippen LogP contribution < -0.4 is 10.6 Å². The summed E-state index contributed by atoms with van der Waals surface area (Å²) in [5, 5.41) is 5.86. The van der Waals surface area contributed by atoms with Gasteiger partial charge in [-0.2, -0.15) is 0 Å². The topological polar surface area (TPSA) is 87.7 Å². The Morgan fingerprint density at radius 3 is 2.14 bits per heavy atom. The van der Waals surface area contributed by atoms with Gasteiger partial charge >= 0.3 is 6.09 Å². The summed E-state index contributed by atoms with van der Waals surface area (Å²) in [6.07, 6.45) is 8.61. The quantitative estimate of drug-likeness (QED) is 0.337. The fraction of sp³-hybridized carbons (Fsp3) is 0.633. The van der Waals surface area contributed by atoms with E-state index in [0.717, 1.165) is 19.3 Å². The molecule has 3 unspecified atom stereocenters. The van der Waals surface area contributed by atoms with E-state index < -0.39 is 23.8 Å². The minimum atomic E-state index is -0.861. The first-order chi connectivity index (χ1) is 17.3. The summed E-state index contributed by atoms with van der Waals surface area (Å²) >= 11 is 0. The maximum atomic E-state index is 14.1. The summed E-state index contributed by atoms with van der Waals surface area (Å²) in [6, 6.07) is 5.42. The van der Waals surface area contributed by atoms with Crippen molar-refractivity contribution in [2.24, 2.45) is 5.92 Å². The molecule has 0 aliphatic heterocycles. The van der Waals surface area contributed by atoms with Crippen LogP contribution in [0.5, 0.6) is 0 Å². The van der Waals surface area contributed by atoms with Crippen molar-refractivity contribution >= 4 is 17.9 Å². The fourth-order valence-electron chi connectivity index (χ4n) is 4.10. The molecule has 1 rings (SSSR count). The van der Waals surface area contributed by atoms with Crippen molar-refractivity contribution in [1.82, 2.24) is 15.5 Å². The summed E-state index contributed by atoms with van der Waals surface area (Å²) in [5.41, 5.74) is 0.664. The van der Waals surface area contributed by atoms with Crippen LogP contribution in [0, 0.1) is 18.3 Å². The third kappa shape index (κ3) is 11.3. The van der Waals surface area contributed by atoms with Crippen molar-refractivity contribution in [1.29, 1.82) is 0 Å². The van der Waals surface area contributed by atoms with Gasteiger partial charge in [-0.1, -0.05) is 58.6 Å². The molecule has 37 heavy (non-hydrogen) atoms. The van der Waals surface area contributed by atoms with Gasteiger partial charge in [-0.25, -0.2) is 4.79 Å². The fourth-order valence-corrected chi connectivity index (χ4v) is 4.10. The highest BCUT2D eigenvalue weighted by Crippen LogP contribution is 2.25. The Morgan fingerprint density at radius 2 is 1.65 bits per heavy atom. The zero-order chi connectivity index (χ0) is 28.2. The number of terminal acetylenes is 1. The van der Waals surface area contributed by atoms with Gasteiger partial charge in [0.05, 0.1) is 0 Å². The first kappa shape index (κ1) is 32.0. The Kier molecular flexibility index (Phi) is 13.2. The van der Waals surface area contributed by atoms with E-state index in [1.54, 1.807) is 49.9 Å². The van der Waals surface area contributed by atoms with Crippen LogP contribution in [0.15, 0.2) is 24.3 Å². The number of nitrogens with one attached hydrogen (secondary N) is 2. The first-order valence-corrected chi connectivity index (χ1v) is 13.5. The number of nitrogens with zero attached hydrogens (tertiary/aromatic N) is 1. The predicted octanol–water partition coefficient (Wildman–Crippen LogP) is 5.58. The normalized spacial score (nSPS) is 13.7. The Labute approximate surface area is 224 Å². The van der Waals surface area contributed by atoms with E-state index in [1.807, 2.05) is 27.7 Å². The molecule has 0 aromatic heterocycles. The average molecular weight is 514 g/mol. The molecule has 0 radical (unpaired) electrons. The summed E-state index contributed by atoms with van der Waals surface area (Å²) in [4.78, 5) is 42.0. The molecule has 1 aromatic rings. The number of carbonyl (C=O) groups is 3. The lowest BCUT2D eigenvalue weighted by molar-refractivity contribution is -0.143. The van der Waals surface area contributed by atoms with Crippen molar-refractivity contribution in [3.8, 4) is 12.3 Å². The van der Waals surface area contributed by atoms with Crippen LogP contribution in [-0.2, 0) is 14.3 Å². The lowest BCUT2D eigenvalue weighted by atomic mass is 9.98. The lowest BCUT2D eigenvalue weighted by Crippen LogP contribution is -2.54. The number of hydrogen-bond donors (Lipinski definition) is 2. The molecule has 0 heterocycles. The summed E-state index contributed by atoms with van der Waals surface area (Å²) in [6.45, 7) is 15.7. The van der Waals surface area contributed by atoms with Crippen molar-refractivity contribution in [2.45, 2.75) is 111 Å². The molecule has 3 amide bonds. The van der Waals surface area contributed by atoms with Crippen LogP contribution in [0.25, 0.3) is 0 Å². The van der Waals surface area contributed by atoms with Gasteiger partial charge in [-0.3, -0.25) is 9.59 Å². The highest BCUT2D eigenvalue weighted by atomic mass is 16.6. The molecule has 0 bridgehead atoms. The van der Waals surface area contributed by atoms with Crippen molar-refractivity contribution in [3.63, 3.8) is 0 Å². The summed E-state index contributed by atoms with van der Waals surface area (Å²) in [5.74, 6) is 2.16. The lowest BCUT2D eigenvalue weighted by Gasteiger charge is -2.35. The van der Waals surface area contributed by atoms with Crippen LogP contribution in [0.4, 0.5) is 4.79 Å². The number of alkyl carbamates (subject to hydrolysis) is 1. The monoisotopic (exact) mass is 513 g/mol. The van der Waals surface area contributed by atoms with Gasteiger partial charge in [0.25, 0.3) is 0 Å². The van der Waals surface area contributed by atoms with Crippen LogP contribution in [-0.4, -0.2) is 47.0 Å². The van der Waals surface area contributed by atoms with Crippen LogP contribution in [0.2, 0.25) is 0 Å². The van der Waals surface area contributed by atoms with Gasteiger partial charge in [0.2, 0.25) is 11.8 Å². The number of hydrogen-bond acceptors (Lipinski definition) is 4. The Morgan fingerprint density at radius 1 is 1.03 bits per heavy atom. The third-order valence-corrected chi connectivity index (χ3v) is 5.80. The second-order valence-electron chi connectivity index (χ2n) is 11.1. The molecule has 206 valence electrons. The average Bonchev–Trinajstić information content (AvgIpc) is 2.79. The van der Waals surface area contributed by atoms with E-state index in [0.29, 0.717) is 30.5 Å². The Bertz CT molecular complexity index is 912. The van der Waals surface area contributed by atoms with E-state index in [9.17, 15) is 14.4 Å². The van der Waals surface area contributed by atoms with Gasteiger partial charge < -0.3 is 20.3 Å². The van der Waals surface area contributed by atoms with Crippen LogP contribution in [0.3, 0.4) is 0 Å². The van der Waals surface area contributed by atoms with Gasteiger partial charge in [-0.15, -0.1) is 6.42 Å². The molecule has 0 aliphatic carbocycles. The minimum Gasteiger partial charge on any atom is -0.444 e. The van der Waals surface area contributed by atoms with Crippen molar-refractivity contribution in [2.75, 3.05) is 6.54 Å². The van der Waals surface area contributed by atoms with Crippen molar-refractivity contribution < 1.29 is 19.1 Å². The molecular formula is C30H47N3O4. The predicted molar refractivity (Wildman–Crippen MR) is 149 cm³/mol. The number of ether oxygens (including phenoxy) is 1. The van der Waals surface area contributed by atoms with E-state index >= 15 is 0 Å². The van der Waals surface area contributed by atoms with E-state index in [4.69, 9.17) is 11.2 Å². The number of amides is 3. The third-order valence-electron chi connectivity index (χ3n) is 5.80. The molecular weight excluding hydrogens is 466 g/mol. The Balaban J connectivity index is 3.49. The zero-order valence-corrected chi connectivity index (χ0v) is 24.0. The number of benzene rings is 1.